The molecule has 0 aromatic heterocycles. The van der Waals surface area contributed by atoms with Gasteiger partial charge in [-0.05, 0) is 25.7 Å². The Labute approximate surface area is 128 Å². The van der Waals surface area contributed by atoms with E-state index < -0.39 is 0 Å². The first-order chi connectivity index (χ1) is 8.24. The third-order valence-corrected chi connectivity index (χ3v) is 3.94. The molecule has 0 saturated heterocycles. The Balaban J connectivity index is -0.00000128. The summed E-state index contributed by atoms with van der Waals surface area (Å²) in [5, 5.41) is 0. The van der Waals surface area contributed by atoms with E-state index in [2.05, 4.69) is 27.7 Å². The lowest BCUT2D eigenvalue weighted by molar-refractivity contribution is -0.929. The van der Waals surface area contributed by atoms with Gasteiger partial charge in [0.1, 0.15) is 0 Å². The highest BCUT2D eigenvalue weighted by Gasteiger charge is 2.24. The van der Waals surface area contributed by atoms with Crippen LogP contribution in [0.15, 0.2) is 0 Å². The summed E-state index contributed by atoms with van der Waals surface area (Å²) in [6, 6.07) is 0. The molecular formula is C16H38ClNO. The van der Waals surface area contributed by atoms with Crippen LogP contribution in [0.25, 0.3) is 0 Å². The highest BCUT2D eigenvalue weighted by molar-refractivity contribution is 4.49. The van der Waals surface area contributed by atoms with Gasteiger partial charge in [-0.3, -0.25) is 0 Å². The van der Waals surface area contributed by atoms with Crippen molar-refractivity contribution in [2.75, 3.05) is 26.2 Å². The smallest absolute Gasteiger partial charge is 0.0786 e. The van der Waals surface area contributed by atoms with E-state index in [-0.39, 0.29) is 17.9 Å². The van der Waals surface area contributed by atoms with Crippen LogP contribution >= 0.6 is 0 Å². The third kappa shape index (κ3) is 11.7. The molecule has 0 aromatic carbocycles. The van der Waals surface area contributed by atoms with Gasteiger partial charge in [-0.15, -0.1) is 0 Å². The Bertz CT molecular complexity index is 127. The summed E-state index contributed by atoms with van der Waals surface area (Å²) in [4.78, 5) is 0. The molecule has 19 heavy (non-hydrogen) atoms. The number of hydrogen-bond donors (Lipinski definition) is 0. The van der Waals surface area contributed by atoms with E-state index >= 15 is 0 Å². The Morgan fingerprint density at radius 3 is 0.895 bits per heavy atom. The molecule has 0 atom stereocenters. The van der Waals surface area contributed by atoms with Crippen molar-refractivity contribution in [1.82, 2.24) is 0 Å². The zero-order valence-electron chi connectivity index (χ0n) is 13.8. The zero-order chi connectivity index (χ0) is 13.0. The van der Waals surface area contributed by atoms with Crippen LogP contribution in [0.3, 0.4) is 0 Å². The SMILES string of the molecule is CCCC[N+](CCCC)(CCCC)CCCC.O.[Cl-]. The minimum Gasteiger partial charge on any atom is -1.00 e. The molecule has 2 N–H and O–H groups in total. The maximum Gasteiger partial charge on any atom is 0.0786 e. The lowest BCUT2D eigenvalue weighted by atomic mass is 10.1. The van der Waals surface area contributed by atoms with Crippen LogP contribution in [0.1, 0.15) is 79.1 Å². The van der Waals surface area contributed by atoms with E-state index in [9.17, 15) is 0 Å². The first-order valence-corrected chi connectivity index (χ1v) is 8.09. The van der Waals surface area contributed by atoms with Crippen molar-refractivity contribution in [2.24, 2.45) is 0 Å². The van der Waals surface area contributed by atoms with Gasteiger partial charge >= 0.3 is 0 Å². The number of unbranched alkanes of at least 4 members (excludes halogenated alkanes) is 4. The molecule has 2 nitrogen and oxygen atoms in total. The molecule has 0 heterocycles. The third-order valence-electron chi connectivity index (χ3n) is 3.94. The van der Waals surface area contributed by atoms with Gasteiger partial charge in [0, 0.05) is 0 Å². The van der Waals surface area contributed by atoms with Crippen LogP contribution in [0.4, 0.5) is 0 Å². The molecular weight excluding hydrogens is 258 g/mol. The van der Waals surface area contributed by atoms with E-state index in [0.29, 0.717) is 0 Å². The van der Waals surface area contributed by atoms with Gasteiger partial charge in [-0.2, -0.15) is 0 Å². The number of hydrogen-bond acceptors (Lipinski definition) is 0. The summed E-state index contributed by atoms with van der Waals surface area (Å²) >= 11 is 0. The molecule has 0 aliphatic carbocycles. The van der Waals surface area contributed by atoms with Gasteiger partial charge in [-0.1, -0.05) is 53.4 Å². The second-order valence-electron chi connectivity index (χ2n) is 5.65. The molecule has 0 spiro atoms. The summed E-state index contributed by atoms with van der Waals surface area (Å²) in [6.07, 6.45) is 11.1. The summed E-state index contributed by atoms with van der Waals surface area (Å²) in [6.45, 7) is 15.0. The highest BCUT2D eigenvalue weighted by atomic mass is 35.5. The van der Waals surface area contributed by atoms with Gasteiger partial charge in [0.05, 0.1) is 26.2 Å². The fraction of sp³-hybridized carbons (Fsp3) is 1.00. The average molecular weight is 296 g/mol. The predicted octanol–water partition coefficient (Wildman–Crippen LogP) is 1.18. The van der Waals surface area contributed by atoms with E-state index in [1.807, 2.05) is 0 Å². The minimum absolute atomic E-state index is 0. The maximum atomic E-state index is 2.33. The van der Waals surface area contributed by atoms with Crippen molar-refractivity contribution in [1.29, 1.82) is 0 Å². The van der Waals surface area contributed by atoms with Crippen molar-refractivity contribution >= 4 is 0 Å². The normalized spacial score (nSPS) is 10.7. The average Bonchev–Trinajstić information content (AvgIpc) is 2.37. The number of quaternary nitrogens is 1. The summed E-state index contributed by atoms with van der Waals surface area (Å²) in [5.41, 5.74) is 0. The molecule has 0 saturated carbocycles. The monoisotopic (exact) mass is 295 g/mol. The molecule has 120 valence electrons. The molecule has 3 heteroatoms. The van der Waals surface area contributed by atoms with E-state index in [0.717, 1.165) is 0 Å². The largest absolute Gasteiger partial charge is 1.00 e. The standard InChI is InChI=1S/C16H36N.ClH.H2O/c1-5-9-13-17(14-10-6-2,15-11-7-3)16-12-8-4;;/h5-16H2,1-4H3;1H;1H2/q+1;;/p-1. The molecule has 0 fully saturated rings. The van der Waals surface area contributed by atoms with Crippen LogP contribution in [0.5, 0.6) is 0 Å². The van der Waals surface area contributed by atoms with Gasteiger partial charge in [0.25, 0.3) is 0 Å². The molecule has 0 bridgehead atoms. The highest BCUT2D eigenvalue weighted by Crippen LogP contribution is 2.16. The molecule has 0 aliphatic heterocycles. The number of rotatable bonds is 12. The van der Waals surface area contributed by atoms with Crippen molar-refractivity contribution in [3.05, 3.63) is 0 Å². The molecule has 0 aromatic rings. The maximum absolute atomic E-state index is 2.33. The quantitative estimate of drug-likeness (QED) is 0.484. The molecule has 0 amide bonds. The Kier molecular flexibility index (Phi) is 20.8. The Hall–Kier alpha value is 0.210. The van der Waals surface area contributed by atoms with Gasteiger partial charge < -0.3 is 22.4 Å². The van der Waals surface area contributed by atoms with E-state index in [1.165, 1.54) is 82.0 Å². The second-order valence-corrected chi connectivity index (χ2v) is 5.65. The Morgan fingerprint density at radius 2 is 0.737 bits per heavy atom. The summed E-state index contributed by atoms with van der Waals surface area (Å²) < 4.78 is 1.42. The first-order valence-electron chi connectivity index (χ1n) is 8.09. The second kappa shape index (κ2) is 16.3. The molecule has 0 unspecified atom stereocenters. The van der Waals surface area contributed by atoms with Crippen LogP contribution in [0, 0.1) is 0 Å². The fourth-order valence-corrected chi connectivity index (χ4v) is 2.64. The van der Waals surface area contributed by atoms with Crippen molar-refractivity contribution in [3.63, 3.8) is 0 Å². The van der Waals surface area contributed by atoms with Crippen molar-refractivity contribution < 1.29 is 22.4 Å². The Morgan fingerprint density at radius 1 is 0.526 bits per heavy atom. The predicted molar refractivity (Wildman–Crippen MR) is 83.0 cm³/mol. The fourth-order valence-electron chi connectivity index (χ4n) is 2.64. The topological polar surface area (TPSA) is 31.5 Å². The lowest BCUT2D eigenvalue weighted by Gasteiger charge is -2.39. The molecule has 0 radical (unpaired) electrons. The summed E-state index contributed by atoms with van der Waals surface area (Å²) in [7, 11) is 0. The van der Waals surface area contributed by atoms with Crippen LogP contribution in [-0.4, -0.2) is 36.1 Å². The van der Waals surface area contributed by atoms with Gasteiger partial charge in [0.15, 0.2) is 0 Å². The van der Waals surface area contributed by atoms with Gasteiger partial charge in [0.2, 0.25) is 0 Å². The summed E-state index contributed by atoms with van der Waals surface area (Å²) in [5.74, 6) is 0. The molecule has 0 aliphatic rings. The zero-order valence-corrected chi connectivity index (χ0v) is 14.6. The molecule has 0 rings (SSSR count). The van der Waals surface area contributed by atoms with Crippen LogP contribution in [0.2, 0.25) is 0 Å². The number of halogens is 1. The van der Waals surface area contributed by atoms with Crippen molar-refractivity contribution in [3.8, 4) is 0 Å². The first kappa shape index (κ1) is 24.2. The van der Waals surface area contributed by atoms with E-state index in [1.54, 1.807) is 0 Å². The van der Waals surface area contributed by atoms with Gasteiger partial charge in [-0.25, -0.2) is 0 Å². The van der Waals surface area contributed by atoms with E-state index in [4.69, 9.17) is 0 Å². The minimum atomic E-state index is 0. The van der Waals surface area contributed by atoms with Crippen LogP contribution in [-0.2, 0) is 0 Å². The number of nitrogens with zero attached hydrogens (tertiary/aromatic N) is 1. The van der Waals surface area contributed by atoms with Crippen LogP contribution < -0.4 is 12.4 Å². The van der Waals surface area contributed by atoms with Crippen molar-refractivity contribution in [2.45, 2.75) is 79.1 Å². The lowest BCUT2D eigenvalue weighted by Crippen LogP contribution is -3.00.